The van der Waals surface area contributed by atoms with Gasteiger partial charge in [-0.15, -0.1) is 0 Å². The number of hydrogen-bond acceptors (Lipinski definition) is 3. The number of rotatable bonds is 6. The van der Waals surface area contributed by atoms with E-state index in [1.54, 1.807) is 6.07 Å². The second-order valence-corrected chi connectivity index (χ2v) is 6.18. The second-order valence-electron chi connectivity index (χ2n) is 6.18. The summed E-state index contributed by atoms with van der Waals surface area (Å²) in [5.74, 6) is 0.115. The molecule has 1 saturated heterocycles. The quantitative estimate of drug-likeness (QED) is 0.846. The summed E-state index contributed by atoms with van der Waals surface area (Å²) in [5.41, 5.74) is 7.01. The molecule has 0 aliphatic carbocycles. The molecule has 2 amide bonds. The summed E-state index contributed by atoms with van der Waals surface area (Å²) in [6, 6.07) is 17.7. The Bertz CT molecular complexity index is 745. The predicted octanol–water partition coefficient (Wildman–Crippen LogP) is 1.55. The first-order valence-corrected chi connectivity index (χ1v) is 7.90. The van der Waals surface area contributed by atoms with Crippen LogP contribution in [0.3, 0.4) is 0 Å². The van der Waals surface area contributed by atoms with Gasteiger partial charge in [0.25, 0.3) is 5.91 Å². The highest BCUT2D eigenvalue weighted by molar-refractivity contribution is 5.81. The summed E-state index contributed by atoms with van der Waals surface area (Å²) in [7, 11) is 0. The van der Waals surface area contributed by atoms with E-state index in [0.717, 1.165) is 12.0 Å². The number of carbonyl (C=O) groups excluding carboxylic acids is 2. The van der Waals surface area contributed by atoms with Crippen molar-refractivity contribution in [2.45, 2.75) is 18.3 Å². The van der Waals surface area contributed by atoms with Crippen molar-refractivity contribution in [3.63, 3.8) is 0 Å². The molecule has 0 radical (unpaired) electrons. The Kier molecular flexibility index (Phi) is 4.51. The summed E-state index contributed by atoms with van der Waals surface area (Å²) < 4.78 is 5.41. The van der Waals surface area contributed by atoms with Gasteiger partial charge in [-0.2, -0.15) is 0 Å². The molecule has 2 aromatic carbocycles. The van der Waals surface area contributed by atoms with Crippen LogP contribution in [-0.4, -0.2) is 25.0 Å². The highest BCUT2D eigenvalue weighted by Crippen LogP contribution is 2.36. The van der Waals surface area contributed by atoms with E-state index in [2.05, 4.69) is 17.4 Å². The molecule has 0 saturated carbocycles. The number of ether oxygens (including phenoxy) is 1. The van der Waals surface area contributed by atoms with Crippen LogP contribution in [0.25, 0.3) is 0 Å². The zero-order valence-electron chi connectivity index (χ0n) is 13.3. The van der Waals surface area contributed by atoms with Gasteiger partial charge in [0.15, 0.2) is 6.61 Å². The molecule has 1 fully saturated rings. The molecule has 3 N–H and O–H groups in total. The molecule has 3 rings (SSSR count). The third-order valence-electron chi connectivity index (χ3n) is 4.34. The van der Waals surface area contributed by atoms with Gasteiger partial charge in [0, 0.05) is 18.4 Å². The Balaban J connectivity index is 1.90. The molecule has 1 atom stereocenters. The molecule has 0 bridgehead atoms. The van der Waals surface area contributed by atoms with Gasteiger partial charge in [-0.1, -0.05) is 42.5 Å². The maximum absolute atomic E-state index is 11.9. The molecule has 1 aliphatic rings. The lowest BCUT2D eigenvalue weighted by Crippen LogP contribution is -2.31. The van der Waals surface area contributed by atoms with Crippen molar-refractivity contribution in [3.05, 3.63) is 65.7 Å². The number of hydrogen-bond donors (Lipinski definition) is 2. The monoisotopic (exact) mass is 324 g/mol. The third kappa shape index (κ3) is 3.56. The van der Waals surface area contributed by atoms with Gasteiger partial charge < -0.3 is 15.8 Å². The Morgan fingerprint density at radius 2 is 1.96 bits per heavy atom. The molecule has 5 nitrogen and oxygen atoms in total. The van der Waals surface area contributed by atoms with Gasteiger partial charge in [0.2, 0.25) is 5.91 Å². The van der Waals surface area contributed by atoms with Crippen LogP contribution >= 0.6 is 0 Å². The minimum absolute atomic E-state index is 0.0504. The fourth-order valence-corrected chi connectivity index (χ4v) is 3.19. The Morgan fingerprint density at radius 1 is 1.17 bits per heavy atom. The van der Waals surface area contributed by atoms with Crippen molar-refractivity contribution >= 4 is 11.8 Å². The molecule has 1 heterocycles. The summed E-state index contributed by atoms with van der Waals surface area (Å²) >= 11 is 0. The Labute approximate surface area is 140 Å². The van der Waals surface area contributed by atoms with Crippen LogP contribution in [0.5, 0.6) is 5.75 Å². The van der Waals surface area contributed by atoms with Gasteiger partial charge in [0.1, 0.15) is 5.75 Å². The maximum Gasteiger partial charge on any atom is 0.255 e. The standard InChI is InChI=1S/C19H20N2O3/c20-17(22)12-24-16-8-4-7-15(9-16)19(11-18(23)21-13-19)10-14-5-2-1-3-6-14/h1-9H,10-13H2,(H2,20,22)(H,21,23). The number of nitrogens with two attached hydrogens (primary N) is 1. The van der Waals surface area contributed by atoms with Crippen LogP contribution < -0.4 is 15.8 Å². The summed E-state index contributed by atoms with van der Waals surface area (Å²) in [4.78, 5) is 22.8. The molecule has 1 aliphatic heterocycles. The highest BCUT2D eigenvalue weighted by atomic mass is 16.5. The van der Waals surface area contributed by atoms with E-state index in [4.69, 9.17) is 10.5 Å². The number of nitrogens with one attached hydrogen (secondary N) is 1. The zero-order chi connectivity index (χ0) is 17.0. The molecule has 1 unspecified atom stereocenters. The van der Waals surface area contributed by atoms with E-state index in [1.165, 1.54) is 5.56 Å². The van der Waals surface area contributed by atoms with E-state index in [9.17, 15) is 9.59 Å². The number of amides is 2. The Hall–Kier alpha value is -2.82. The second kappa shape index (κ2) is 6.74. The normalized spacial score (nSPS) is 19.8. The summed E-state index contributed by atoms with van der Waals surface area (Å²) in [6.07, 6.45) is 1.19. The molecule has 0 spiro atoms. The fourth-order valence-electron chi connectivity index (χ4n) is 3.19. The van der Waals surface area contributed by atoms with Crippen molar-refractivity contribution in [1.29, 1.82) is 0 Å². The first-order valence-electron chi connectivity index (χ1n) is 7.90. The molecule has 2 aromatic rings. The number of primary amides is 1. The summed E-state index contributed by atoms with van der Waals surface area (Å²) in [5, 5.41) is 2.94. The van der Waals surface area contributed by atoms with Gasteiger partial charge in [-0.05, 0) is 29.7 Å². The lowest BCUT2D eigenvalue weighted by molar-refractivity contribution is -0.120. The van der Waals surface area contributed by atoms with E-state index in [1.807, 2.05) is 36.4 Å². The van der Waals surface area contributed by atoms with Crippen molar-refractivity contribution in [2.24, 2.45) is 5.73 Å². The van der Waals surface area contributed by atoms with Crippen molar-refractivity contribution in [2.75, 3.05) is 13.2 Å². The SMILES string of the molecule is NC(=O)COc1cccc(C2(Cc3ccccc3)CNC(=O)C2)c1. The molecular weight excluding hydrogens is 304 g/mol. The first kappa shape index (κ1) is 16.1. The van der Waals surface area contributed by atoms with Crippen LogP contribution in [0.2, 0.25) is 0 Å². The minimum Gasteiger partial charge on any atom is -0.484 e. The average molecular weight is 324 g/mol. The Morgan fingerprint density at radius 3 is 2.62 bits per heavy atom. The topological polar surface area (TPSA) is 81.4 Å². The lowest BCUT2D eigenvalue weighted by atomic mass is 9.75. The smallest absolute Gasteiger partial charge is 0.255 e. The van der Waals surface area contributed by atoms with Gasteiger partial charge >= 0.3 is 0 Å². The molecule has 124 valence electrons. The van der Waals surface area contributed by atoms with Crippen molar-refractivity contribution < 1.29 is 14.3 Å². The summed E-state index contributed by atoms with van der Waals surface area (Å²) in [6.45, 7) is 0.423. The van der Waals surface area contributed by atoms with Crippen LogP contribution in [-0.2, 0) is 21.4 Å². The van der Waals surface area contributed by atoms with E-state index >= 15 is 0 Å². The molecule has 0 aromatic heterocycles. The van der Waals surface area contributed by atoms with Crippen molar-refractivity contribution in [1.82, 2.24) is 5.32 Å². The van der Waals surface area contributed by atoms with Gasteiger partial charge in [0.05, 0.1) is 0 Å². The van der Waals surface area contributed by atoms with Crippen LogP contribution in [0.15, 0.2) is 54.6 Å². The fraction of sp³-hybridized carbons (Fsp3) is 0.263. The van der Waals surface area contributed by atoms with Crippen molar-refractivity contribution in [3.8, 4) is 5.75 Å². The highest BCUT2D eigenvalue weighted by Gasteiger charge is 2.40. The lowest BCUT2D eigenvalue weighted by Gasteiger charge is -2.28. The van der Waals surface area contributed by atoms with E-state index < -0.39 is 5.91 Å². The predicted molar refractivity (Wildman–Crippen MR) is 90.6 cm³/mol. The molecule has 24 heavy (non-hydrogen) atoms. The van der Waals surface area contributed by atoms with E-state index in [-0.39, 0.29) is 17.9 Å². The van der Waals surface area contributed by atoms with Gasteiger partial charge in [-0.25, -0.2) is 0 Å². The maximum atomic E-state index is 11.9. The molecule has 5 heteroatoms. The molecular formula is C19H20N2O3. The number of benzene rings is 2. The van der Waals surface area contributed by atoms with Crippen LogP contribution in [0.1, 0.15) is 17.5 Å². The van der Waals surface area contributed by atoms with Gasteiger partial charge in [-0.3, -0.25) is 9.59 Å². The van der Waals surface area contributed by atoms with E-state index in [0.29, 0.717) is 18.7 Å². The first-order chi connectivity index (χ1) is 11.6. The van der Waals surface area contributed by atoms with Crippen LogP contribution in [0, 0.1) is 0 Å². The average Bonchev–Trinajstić information content (AvgIpc) is 2.96. The van der Waals surface area contributed by atoms with Crippen LogP contribution in [0.4, 0.5) is 0 Å². The minimum atomic E-state index is -0.517. The number of carbonyl (C=O) groups is 2. The largest absolute Gasteiger partial charge is 0.484 e. The zero-order valence-corrected chi connectivity index (χ0v) is 13.3. The third-order valence-corrected chi connectivity index (χ3v) is 4.34.